The molecule has 0 bridgehead atoms. The second-order valence-electron chi connectivity index (χ2n) is 7.94. The van der Waals surface area contributed by atoms with Gasteiger partial charge in [0.05, 0.1) is 23.6 Å². The average molecular weight is 359 g/mol. The highest BCUT2D eigenvalue weighted by molar-refractivity contribution is 5.99. The largest absolute Gasteiger partial charge is 0.377 e. The molecule has 1 aromatic carbocycles. The van der Waals surface area contributed by atoms with Crippen molar-refractivity contribution < 1.29 is 13.9 Å². The Morgan fingerprint density at radius 3 is 2.77 bits per heavy atom. The lowest BCUT2D eigenvalue weighted by Gasteiger charge is -2.40. The zero-order chi connectivity index (χ0) is 18.7. The van der Waals surface area contributed by atoms with E-state index in [4.69, 9.17) is 4.74 Å². The maximum absolute atomic E-state index is 13.1. The van der Waals surface area contributed by atoms with Crippen molar-refractivity contribution in [2.24, 2.45) is 11.3 Å². The van der Waals surface area contributed by atoms with Crippen LogP contribution in [0.2, 0.25) is 0 Å². The number of nitrogens with zero attached hydrogens (tertiary/aromatic N) is 1. The molecule has 2 N–H and O–H groups in total. The lowest BCUT2D eigenvalue weighted by molar-refractivity contribution is -0.0839. The van der Waals surface area contributed by atoms with Gasteiger partial charge in [-0.2, -0.15) is 5.10 Å². The van der Waals surface area contributed by atoms with Crippen molar-refractivity contribution in [3.8, 4) is 11.3 Å². The van der Waals surface area contributed by atoms with Crippen LogP contribution in [0.1, 0.15) is 44.0 Å². The minimum atomic E-state index is -0.315. The molecule has 0 radical (unpaired) electrons. The molecular formula is C20H26FN3O2. The van der Waals surface area contributed by atoms with Crippen molar-refractivity contribution >= 4 is 5.91 Å². The number of hydrogen-bond acceptors (Lipinski definition) is 3. The van der Waals surface area contributed by atoms with E-state index in [1.807, 2.05) is 0 Å². The summed E-state index contributed by atoms with van der Waals surface area (Å²) in [6.07, 6.45) is 3.68. The number of ether oxygens (including phenoxy) is 1. The van der Waals surface area contributed by atoms with Crippen LogP contribution in [0.25, 0.3) is 11.3 Å². The molecule has 1 aliphatic rings. The van der Waals surface area contributed by atoms with Crippen molar-refractivity contribution in [2.45, 2.75) is 39.7 Å². The fourth-order valence-electron chi connectivity index (χ4n) is 3.62. The first-order valence-electron chi connectivity index (χ1n) is 9.05. The predicted molar refractivity (Wildman–Crippen MR) is 98.2 cm³/mol. The molecule has 0 saturated carbocycles. The van der Waals surface area contributed by atoms with Crippen LogP contribution in [-0.4, -0.2) is 35.4 Å². The van der Waals surface area contributed by atoms with E-state index in [0.717, 1.165) is 25.0 Å². The van der Waals surface area contributed by atoms with Crippen LogP contribution in [0.4, 0.5) is 4.39 Å². The molecule has 0 unspecified atom stereocenters. The topological polar surface area (TPSA) is 67.0 Å². The normalized spacial score (nSPS) is 20.8. The molecule has 1 fully saturated rings. The van der Waals surface area contributed by atoms with Crippen molar-refractivity contribution in [2.75, 3.05) is 13.2 Å². The second-order valence-corrected chi connectivity index (χ2v) is 7.94. The smallest absolute Gasteiger partial charge is 0.255 e. The van der Waals surface area contributed by atoms with Gasteiger partial charge < -0.3 is 10.1 Å². The van der Waals surface area contributed by atoms with Gasteiger partial charge in [0.2, 0.25) is 0 Å². The van der Waals surface area contributed by atoms with Gasteiger partial charge in [-0.25, -0.2) is 4.39 Å². The molecule has 1 saturated heterocycles. The Hall–Kier alpha value is -2.21. The highest BCUT2D eigenvalue weighted by Crippen LogP contribution is 2.33. The number of aromatic amines is 1. The number of nitrogens with one attached hydrogen (secondary N) is 2. The summed E-state index contributed by atoms with van der Waals surface area (Å²) >= 11 is 0. The summed E-state index contributed by atoms with van der Waals surface area (Å²) < 4.78 is 19.1. The minimum Gasteiger partial charge on any atom is -0.377 e. The summed E-state index contributed by atoms with van der Waals surface area (Å²) in [5.74, 6) is -0.213. The third-order valence-corrected chi connectivity index (χ3v) is 4.84. The van der Waals surface area contributed by atoms with Crippen molar-refractivity contribution in [1.29, 1.82) is 0 Å². The summed E-state index contributed by atoms with van der Waals surface area (Å²) in [5.41, 5.74) is 1.81. The van der Waals surface area contributed by atoms with Gasteiger partial charge in [-0.1, -0.05) is 20.8 Å². The number of hydrogen-bond donors (Lipinski definition) is 2. The van der Waals surface area contributed by atoms with Gasteiger partial charge in [0.15, 0.2) is 0 Å². The Labute approximate surface area is 153 Å². The van der Waals surface area contributed by atoms with E-state index < -0.39 is 0 Å². The highest BCUT2D eigenvalue weighted by atomic mass is 19.1. The third-order valence-electron chi connectivity index (χ3n) is 4.84. The van der Waals surface area contributed by atoms with E-state index in [9.17, 15) is 9.18 Å². The molecule has 26 heavy (non-hydrogen) atoms. The predicted octanol–water partition coefficient (Wildman–Crippen LogP) is 3.79. The van der Waals surface area contributed by atoms with Crippen LogP contribution in [0.5, 0.6) is 0 Å². The Morgan fingerprint density at radius 1 is 1.35 bits per heavy atom. The monoisotopic (exact) mass is 359 g/mol. The zero-order valence-corrected chi connectivity index (χ0v) is 15.5. The fourth-order valence-corrected chi connectivity index (χ4v) is 3.62. The maximum atomic E-state index is 13.1. The summed E-state index contributed by atoms with van der Waals surface area (Å²) in [5, 5.41) is 9.85. The third kappa shape index (κ3) is 4.12. The van der Waals surface area contributed by atoms with Crippen LogP contribution in [0, 0.1) is 17.2 Å². The first kappa shape index (κ1) is 18.6. The summed E-state index contributed by atoms with van der Waals surface area (Å²) in [6.45, 7) is 7.85. The lowest BCUT2D eigenvalue weighted by Crippen LogP contribution is -2.45. The summed E-state index contributed by atoms with van der Waals surface area (Å²) in [4.78, 5) is 12.7. The molecule has 0 spiro atoms. The van der Waals surface area contributed by atoms with Gasteiger partial charge in [0, 0.05) is 24.6 Å². The Bertz CT molecular complexity index is 749. The van der Waals surface area contributed by atoms with Crippen LogP contribution < -0.4 is 5.32 Å². The number of aromatic nitrogens is 2. The van der Waals surface area contributed by atoms with E-state index in [1.54, 1.807) is 12.1 Å². The van der Waals surface area contributed by atoms with E-state index in [2.05, 4.69) is 36.3 Å². The van der Waals surface area contributed by atoms with Crippen LogP contribution in [0.15, 0.2) is 30.5 Å². The number of halogens is 1. The molecule has 5 nitrogen and oxygen atoms in total. The van der Waals surface area contributed by atoms with E-state index in [0.29, 0.717) is 17.8 Å². The van der Waals surface area contributed by atoms with Crippen LogP contribution >= 0.6 is 0 Å². The Kier molecular flexibility index (Phi) is 5.41. The molecule has 6 heteroatoms. The SMILES string of the molecule is CC(C)(C)[C@H]1OCCC[C@@H]1CNC(=O)c1cn[nH]c1-c1ccc(F)cc1. The van der Waals surface area contributed by atoms with Gasteiger partial charge in [-0.3, -0.25) is 9.89 Å². The summed E-state index contributed by atoms with van der Waals surface area (Å²) in [6, 6.07) is 5.99. The molecule has 140 valence electrons. The first-order chi connectivity index (χ1) is 12.4. The Balaban J connectivity index is 1.69. The molecule has 2 aromatic rings. The number of rotatable bonds is 4. The molecule has 1 aliphatic heterocycles. The number of carbonyl (C=O) groups is 1. The highest BCUT2D eigenvalue weighted by Gasteiger charge is 2.35. The van der Waals surface area contributed by atoms with Crippen LogP contribution in [0.3, 0.4) is 0 Å². The molecule has 3 rings (SSSR count). The number of H-pyrrole nitrogens is 1. The molecule has 1 aromatic heterocycles. The quantitative estimate of drug-likeness (QED) is 0.873. The minimum absolute atomic E-state index is 0.0325. The molecule has 1 amide bonds. The van der Waals surface area contributed by atoms with E-state index >= 15 is 0 Å². The average Bonchev–Trinajstić information content (AvgIpc) is 3.09. The molecule has 2 atom stereocenters. The number of benzene rings is 1. The van der Waals surface area contributed by atoms with Gasteiger partial charge in [-0.05, 0) is 42.5 Å². The van der Waals surface area contributed by atoms with Gasteiger partial charge in [-0.15, -0.1) is 0 Å². The van der Waals surface area contributed by atoms with Crippen molar-refractivity contribution in [3.63, 3.8) is 0 Å². The van der Waals surface area contributed by atoms with E-state index in [-0.39, 0.29) is 29.2 Å². The van der Waals surface area contributed by atoms with Gasteiger partial charge in [0.1, 0.15) is 5.82 Å². The van der Waals surface area contributed by atoms with Crippen molar-refractivity contribution in [1.82, 2.24) is 15.5 Å². The second kappa shape index (κ2) is 7.58. The van der Waals surface area contributed by atoms with E-state index in [1.165, 1.54) is 18.3 Å². The van der Waals surface area contributed by atoms with Crippen molar-refractivity contribution in [3.05, 3.63) is 41.8 Å². The number of amides is 1. The Morgan fingerprint density at radius 2 is 2.08 bits per heavy atom. The standard InChI is InChI=1S/C20H26FN3O2/c1-20(2,3)18-14(5-4-10-26-18)11-22-19(25)16-12-23-24-17(16)13-6-8-15(21)9-7-13/h6-9,12,14,18H,4-5,10-11H2,1-3H3,(H,22,25)(H,23,24)/t14-,18+/m1/s1. The lowest BCUT2D eigenvalue weighted by atomic mass is 9.78. The number of carbonyl (C=O) groups excluding carboxylic acids is 1. The first-order valence-corrected chi connectivity index (χ1v) is 9.05. The fraction of sp³-hybridized carbons (Fsp3) is 0.500. The van der Waals surface area contributed by atoms with Crippen LogP contribution in [-0.2, 0) is 4.74 Å². The molecular weight excluding hydrogens is 333 g/mol. The zero-order valence-electron chi connectivity index (χ0n) is 15.5. The maximum Gasteiger partial charge on any atom is 0.255 e. The molecule has 2 heterocycles. The van der Waals surface area contributed by atoms with Gasteiger partial charge in [0.25, 0.3) is 5.91 Å². The molecule has 0 aliphatic carbocycles. The summed E-state index contributed by atoms with van der Waals surface area (Å²) in [7, 11) is 0. The van der Waals surface area contributed by atoms with Gasteiger partial charge >= 0.3 is 0 Å².